The average molecular weight is 342 g/mol. The van der Waals surface area contributed by atoms with E-state index in [0.29, 0.717) is 11.5 Å². The maximum absolute atomic E-state index is 13.3. The first-order valence-corrected chi connectivity index (χ1v) is 7.28. The summed E-state index contributed by atoms with van der Waals surface area (Å²) in [6.45, 7) is -1.03. The van der Waals surface area contributed by atoms with E-state index in [0.717, 1.165) is 6.07 Å². The smallest absolute Gasteiger partial charge is 0.187 e. The second-order valence-electron chi connectivity index (χ2n) is 5.02. The number of Topliss-reactive ketones (excluding diaryl/α,β-unsaturated/α-hetero) is 1. The van der Waals surface area contributed by atoms with Crippen LogP contribution in [-0.2, 0) is 13.1 Å². The van der Waals surface area contributed by atoms with Crippen LogP contribution in [0.2, 0.25) is 0 Å². The topological polar surface area (TPSA) is 77.9 Å². The van der Waals surface area contributed by atoms with Crippen molar-refractivity contribution in [2.24, 2.45) is 0 Å². The quantitative estimate of drug-likeness (QED) is 0.641. The van der Waals surface area contributed by atoms with Gasteiger partial charge < -0.3 is 4.74 Å². The Labute approximate surface area is 141 Å². The van der Waals surface area contributed by atoms with Crippen LogP contribution >= 0.6 is 0 Å². The fourth-order valence-corrected chi connectivity index (χ4v) is 2.08. The van der Waals surface area contributed by atoms with Crippen molar-refractivity contribution in [2.75, 3.05) is 0 Å². The summed E-state index contributed by atoms with van der Waals surface area (Å²) in [5, 5.41) is 0. The standard InChI is InChI=1S/C17H12F2N4O2/c18-7-16-14(19)2-1-11(23-16)5-17(24)15-6-12(3-4-22-15)25-13-8-20-10-21-9-13/h1-4,6,8-10H,5,7H2. The molecule has 0 amide bonds. The summed E-state index contributed by atoms with van der Waals surface area (Å²) in [7, 11) is 0. The highest BCUT2D eigenvalue weighted by atomic mass is 19.1. The molecule has 6 nitrogen and oxygen atoms in total. The number of ether oxygens (including phenoxy) is 1. The minimum atomic E-state index is -1.03. The molecular weight excluding hydrogens is 330 g/mol. The lowest BCUT2D eigenvalue weighted by molar-refractivity contribution is 0.0986. The van der Waals surface area contributed by atoms with Gasteiger partial charge in [-0.25, -0.2) is 18.7 Å². The Balaban J connectivity index is 1.75. The summed E-state index contributed by atoms with van der Waals surface area (Å²) in [4.78, 5) is 27.8. The first-order valence-electron chi connectivity index (χ1n) is 7.28. The van der Waals surface area contributed by atoms with Crippen molar-refractivity contribution in [3.63, 3.8) is 0 Å². The highest BCUT2D eigenvalue weighted by Crippen LogP contribution is 2.20. The summed E-state index contributed by atoms with van der Waals surface area (Å²) in [6.07, 6.45) is 5.64. The molecule has 0 fully saturated rings. The molecule has 0 aliphatic heterocycles. The van der Waals surface area contributed by atoms with Crippen LogP contribution in [-0.4, -0.2) is 25.7 Å². The molecule has 3 heterocycles. The molecule has 3 aromatic heterocycles. The van der Waals surface area contributed by atoms with Crippen LogP contribution in [0.3, 0.4) is 0 Å². The van der Waals surface area contributed by atoms with E-state index in [9.17, 15) is 13.6 Å². The number of hydrogen-bond acceptors (Lipinski definition) is 6. The van der Waals surface area contributed by atoms with Crippen LogP contribution in [0.1, 0.15) is 21.9 Å². The molecule has 0 saturated heterocycles. The zero-order chi connectivity index (χ0) is 17.6. The van der Waals surface area contributed by atoms with Gasteiger partial charge in [-0.05, 0) is 18.2 Å². The zero-order valence-corrected chi connectivity index (χ0v) is 12.9. The molecule has 0 spiro atoms. The van der Waals surface area contributed by atoms with Crippen molar-refractivity contribution in [3.8, 4) is 11.5 Å². The Kier molecular flexibility index (Phi) is 4.98. The van der Waals surface area contributed by atoms with E-state index in [2.05, 4.69) is 19.9 Å². The summed E-state index contributed by atoms with van der Waals surface area (Å²) < 4.78 is 31.5. The van der Waals surface area contributed by atoms with E-state index in [4.69, 9.17) is 4.74 Å². The lowest BCUT2D eigenvalue weighted by atomic mass is 10.1. The Morgan fingerprint density at radius 1 is 1.12 bits per heavy atom. The highest BCUT2D eigenvalue weighted by Gasteiger charge is 2.13. The molecule has 0 atom stereocenters. The van der Waals surface area contributed by atoms with Gasteiger partial charge in [0.2, 0.25) is 0 Å². The molecule has 0 aromatic carbocycles. The zero-order valence-electron chi connectivity index (χ0n) is 12.9. The third-order valence-electron chi connectivity index (χ3n) is 3.23. The predicted octanol–water partition coefficient (Wildman–Crippen LogP) is 3.09. The minimum absolute atomic E-state index is 0.127. The third-order valence-corrected chi connectivity index (χ3v) is 3.23. The fraction of sp³-hybridized carbons (Fsp3) is 0.118. The molecule has 0 saturated carbocycles. The summed E-state index contributed by atoms with van der Waals surface area (Å²) in [6, 6.07) is 5.48. The lowest BCUT2D eigenvalue weighted by Gasteiger charge is -2.06. The average Bonchev–Trinajstić information content (AvgIpc) is 2.64. The molecule has 0 unspecified atom stereocenters. The second-order valence-corrected chi connectivity index (χ2v) is 5.02. The first kappa shape index (κ1) is 16.6. The van der Waals surface area contributed by atoms with Gasteiger partial charge in [0, 0.05) is 18.0 Å². The minimum Gasteiger partial charge on any atom is -0.454 e. The molecular formula is C17H12F2N4O2. The molecule has 8 heteroatoms. The van der Waals surface area contributed by atoms with E-state index < -0.39 is 12.5 Å². The van der Waals surface area contributed by atoms with Gasteiger partial charge in [0.15, 0.2) is 11.5 Å². The molecule has 3 aromatic rings. The van der Waals surface area contributed by atoms with Gasteiger partial charge in [-0.2, -0.15) is 0 Å². The summed E-state index contributed by atoms with van der Waals surface area (Å²) in [5.74, 6) is -0.277. The van der Waals surface area contributed by atoms with Crippen LogP contribution in [0.4, 0.5) is 8.78 Å². The Morgan fingerprint density at radius 3 is 2.68 bits per heavy atom. The second kappa shape index (κ2) is 7.52. The van der Waals surface area contributed by atoms with Crippen LogP contribution in [0.25, 0.3) is 0 Å². The Bertz CT molecular complexity index is 891. The molecule has 3 rings (SSSR count). The van der Waals surface area contributed by atoms with E-state index in [-0.39, 0.29) is 29.3 Å². The van der Waals surface area contributed by atoms with Gasteiger partial charge in [-0.15, -0.1) is 0 Å². The number of carbonyl (C=O) groups excluding carboxylic acids is 1. The van der Waals surface area contributed by atoms with Crippen LogP contribution in [0.15, 0.2) is 49.2 Å². The number of hydrogen-bond donors (Lipinski definition) is 0. The van der Waals surface area contributed by atoms with Gasteiger partial charge >= 0.3 is 0 Å². The first-order chi connectivity index (χ1) is 12.2. The molecule has 0 N–H and O–H groups in total. The normalized spacial score (nSPS) is 10.5. The Morgan fingerprint density at radius 2 is 1.92 bits per heavy atom. The van der Waals surface area contributed by atoms with Crippen molar-refractivity contribution in [3.05, 3.63) is 72.1 Å². The number of aromatic nitrogens is 4. The molecule has 0 aliphatic rings. The fourth-order valence-electron chi connectivity index (χ4n) is 2.08. The van der Waals surface area contributed by atoms with Gasteiger partial charge in [0.1, 0.15) is 36.0 Å². The SMILES string of the molecule is O=C(Cc1ccc(F)c(CF)n1)c1cc(Oc2cncnc2)ccn1. The van der Waals surface area contributed by atoms with Crippen molar-refractivity contribution in [2.45, 2.75) is 13.1 Å². The number of ketones is 1. The maximum atomic E-state index is 13.3. The largest absolute Gasteiger partial charge is 0.454 e. The van der Waals surface area contributed by atoms with Crippen molar-refractivity contribution >= 4 is 5.78 Å². The van der Waals surface area contributed by atoms with Gasteiger partial charge in [0.25, 0.3) is 0 Å². The van der Waals surface area contributed by atoms with Crippen molar-refractivity contribution in [1.82, 2.24) is 19.9 Å². The van der Waals surface area contributed by atoms with Crippen LogP contribution < -0.4 is 4.74 Å². The van der Waals surface area contributed by atoms with E-state index >= 15 is 0 Å². The Hall–Kier alpha value is -3.29. The van der Waals surface area contributed by atoms with Gasteiger partial charge in [-0.1, -0.05) is 0 Å². The number of halogens is 2. The van der Waals surface area contributed by atoms with E-state index in [1.807, 2.05) is 0 Å². The van der Waals surface area contributed by atoms with Crippen LogP contribution in [0.5, 0.6) is 11.5 Å². The predicted molar refractivity (Wildman–Crippen MR) is 83.4 cm³/mol. The highest BCUT2D eigenvalue weighted by molar-refractivity contribution is 5.95. The molecule has 0 aliphatic carbocycles. The third kappa shape index (κ3) is 4.17. The molecule has 25 heavy (non-hydrogen) atoms. The number of rotatable bonds is 6. The molecule has 126 valence electrons. The molecule has 0 bridgehead atoms. The number of pyridine rings is 2. The molecule has 0 radical (unpaired) electrons. The van der Waals surface area contributed by atoms with E-state index in [1.54, 1.807) is 6.07 Å². The number of carbonyl (C=O) groups is 1. The van der Waals surface area contributed by atoms with Crippen molar-refractivity contribution in [1.29, 1.82) is 0 Å². The summed E-state index contributed by atoms with van der Waals surface area (Å²) in [5.41, 5.74) is 0.102. The monoisotopic (exact) mass is 342 g/mol. The summed E-state index contributed by atoms with van der Waals surface area (Å²) >= 11 is 0. The van der Waals surface area contributed by atoms with E-state index in [1.165, 1.54) is 37.1 Å². The van der Waals surface area contributed by atoms with Crippen molar-refractivity contribution < 1.29 is 18.3 Å². The van der Waals surface area contributed by atoms with Gasteiger partial charge in [-0.3, -0.25) is 14.8 Å². The number of alkyl halides is 1. The van der Waals surface area contributed by atoms with Crippen LogP contribution in [0, 0.1) is 5.82 Å². The number of nitrogens with zero attached hydrogens (tertiary/aromatic N) is 4. The maximum Gasteiger partial charge on any atom is 0.187 e. The van der Waals surface area contributed by atoms with Gasteiger partial charge in [0.05, 0.1) is 18.8 Å². The lowest BCUT2D eigenvalue weighted by Crippen LogP contribution is -2.08.